The van der Waals surface area contributed by atoms with Crippen LogP contribution in [0.3, 0.4) is 0 Å². The molecule has 116 valence electrons. The van der Waals surface area contributed by atoms with Crippen molar-refractivity contribution in [1.82, 2.24) is 0 Å². The predicted molar refractivity (Wildman–Crippen MR) is 81.5 cm³/mol. The van der Waals surface area contributed by atoms with Crippen LogP contribution in [0.25, 0.3) is 0 Å². The molecular weight excluding hydrogens is 252 g/mol. The molecule has 3 nitrogen and oxygen atoms in total. The molecule has 3 unspecified atom stereocenters. The van der Waals surface area contributed by atoms with Gasteiger partial charge in [-0.25, -0.2) is 0 Å². The predicted octanol–water partition coefficient (Wildman–Crippen LogP) is 3.22. The Balaban J connectivity index is 2.46. The van der Waals surface area contributed by atoms with Crippen molar-refractivity contribution in [2.24, 2.45) is 23.2 Å². The lowest BCUT2D eigenvalue weighted by Crippen LogP contribution is -2.37. The van der Waals surface area contributed by atoms with Crippen LogP contribution >= 0.6 is 0 Å². The number of hydrogen-bond acceptors (Lipinski definition) is 3. The monoisotopic (exact) mass is 282 g/mol. The first-order valence-corrected chi connectivity index (χ1v) is 7.76. The molecule has 3 atom stereocenters. The summed E-state index contributed by atoms with van der Waals surface area (Å²) in [5, 5.41) is 8.65. The van der Waals surface area contributed by atoms with Gasteiger partial charge in [0, 0.05) is 18.9 Å². The second-order valence-electron chi connectivity index (χ2n) is 6.86. The summed E-state index contributed by atoms with van der Waals surface area (Å²) in [6.45, 7) is 9.73. The van der Waals surface area contributed by atoms with Gasteiger partial charge in [-0.2, -0.15) is 0 Å². The molecule has 0 aromatic heterocycles. The van der Waals surface area contributed by atoms with Crippen LogP contribution in [0.4, 0.5) is 0 Å². The zero-order chi connectivity index (χ0) is 15.2. The Morgan fingerprint density at radius 3 is 2.75 bits per heavy atom. The first-order valence-electron chi connectivity index (χ1n) is 7.76. The molecule has 0 aliphatic heterocycles. The number of aliphatic hydroxyl groups is 1. The molecule has 3 heteroatoms. The van der Waals surface area contributed by atoms with Crippen LogP contribution in [0, 0.1) is 23.2 Å². The van der Waals surface area contributed by atoms with Gasteiger partial charge in [0.15, 0.2) is 0 Å². The van der Waals surface area contributed by atoms with E-state index in [0.717, 1.165) is 12.8 Å². The molecule has 0 bridgehead atoms. The third kappa shape index (κ3) is 5.02. The Morgan fingerprint density at radius 1 is 1.45 bits per heavy atom. The average Bonchev–Trinajstić information content (AvgIpc) is 2.33. The summed E-state index contributed by atoms with van der Waals surface area (Å²) < 4.78 is 5.27. The van der Waals surface area contributed by atoms with Gasteiger partial charge in [0.05, 0.1) is 13.2 Å². The Morgan fingerprint density at radius 2 is 2.15 bits per heavy atom. The van der Waals surface area contributed by atoms with Crippen molar-refractivity contribution in [3.05, 3.63) is 12.2 Å². The number of aliphatic hydroxyl groups excluding tert-OH is 1. The molecule has 1 N–H and O–H groups in total. The lowest BCUT2D eigenvalue weighted by Gasteiger charge is -2.39. The van der Waals surface area contributed by atoms with Crippen molar-refractivity contribution in [3.8, 4) is 0 Å². The summed E-state index contributed by atoms with van der Waals surface area (Å²) in [7, 11) is 0. The van der Waals surface area contributed by atoms with E-state index in [4.69, 9.17) is 9.84 Å². The summed E-state index contributed by atoms with van der Waals surface area (Å²) in [5.41, 5.74) is 0.0678. The van der Waals surface area contributed by atoms with E-state index in [1.165, 1.54) is 0 Å². The maximum Gasteiger partial charge on any atom is 0.137 e. The second-order valence-corrected chi connectivity index (χ2v) is 6.86. The highest BCUT2D eigenvalue weighted by Gasteiger charge is 2.39. The van der Waals surface area contributed by atoms with E-state index in [1.807, 2.05) is 0 Å². The van der Waals surface area contributed by atoms with E-state index < -0.39 is 0 Å². The van der Waals surface area contributed by atoms with Crippen LogP contribution in [-0.2, 0) is 9.53 Å². The molecule has 0 saturated carbocycles. The third-order valence-electron chi connectivity index (χ3n) is 4.34. The minimum absolute atomic E-state index is 0.0629. The first-order chi connectivity index (χ1) is 9.38. The lowest BCUT2D eigenvalue weighted by molar-refractivity contribution is -0.129. The topological polar surface area (TPSA) is 46.5 Å². The van der Waals surface area contributed by atoms with Crippen LogP contribution in [-0.4, -0.2) is 30.7 Å². The Hall–Kier alpha value is -0.670. The van der Waals surface area contributed by atoms with Gasteiger partial charge in [0.2, 0.25) is 0 Å². The molecule has 0 spiro atoms. The fourth-order valence-electron chi connectivity index (χ4n) is 3.29. The van der Waals surface area contributed by atoms with Crippen molar-refractivity contribution in [2.45, 2.75) is 47.0 Å². The van der Waals surface area contributed by atoms with Gasteiger partial charge in [0.1, 0.15) is 5.78 Å². The fraction of sp³-hybridized carbons (Fsp3) is 0.824. The summed E-state index contributed by atoms with van der Waals surface area (Å²) in [6.07, 6.45) is 6.89. The number of Topliss-reactive ketones (excluding diaryl/α,β-unsaturated/α-hetero) is 1. The van der Waals surface area contributed by atoms with Crippen molar-refractivity contribution in [3.63, 3.8) is 0 Å². The third-order valence-corrected chi connectivity index (χ3v) is 4.34. The van der Waals surface area contributed by atoms with Crippen molar-refractivity contribution in [2.75, 3.05) is 19.8 Å². The van der Waals surface area contributed by atoms with E-state index in [1.54, 1.807) is 0 Å². The number of rotatable bonds is 8. The average molecular weight is 282 g/mol. The first kappa shape index (κ1) is 17.4. The zero-order valence-corrected chi connectivity index (χ0v) is 13.4. The van der Waals surface area contributed by atoms with Gasteiger partial charge in [-0.3, -0.25) is 4.79 Å². The number of carbonyl (C=O) groups is 1. The van der Waals surface area contributed by atoms with Gasteiger partial charge in [0.25, 0.3) is 0 Å². The number of hydrogen-bond donors (Lipinski definition) is 1. The highest BCUT2D eigenvalue weighted by Crippen LogP contribution is 2.42. The maximum atomic E-state index is 12.6. The fourth-order valence-corrected chi connectivity index (χ4v) is 3.29. The summed E-state index contributed by atoms with van der Waals surface area (Å²) >= 11 is 0. The molecule has 0 aromatic carbocycles. The molecule has 1 aliphatic carbocycles. The Kier molecular flexibility index (Phi) is 6.90. The van der Waals surface area contributed by atoms with Gasteiger partial charge >= 0.3 is 0 Å². The Bertz CT molecular complexity index is 333. The zero-order valence-electron chi connectivity index (χ0n) is 13.4. The van der Waals surface area contributed by atoms with E-state index in [9.17, 15) is 4.79 Å². The lowest BCUT2D eigenvalue weighted by atomic mass is 9.64. The van der Waals surface area contributed by atoms with E-state index in [2.05, 4.69) is 39.8 Å². The molecule has 0 saturated heterocycles. The van der Waals surface area contributed by atoms with Crippen LogP contribution in [0.5, 0.6) is 0 Å². The summed E-state index contributed by atoms with van der Waals surface area (Å²) in [5.74, 6) is 1.20. The summed E-state index contributed by atoms with van der Waals surface area (Å²) in [6, 6.07) is 0. The molecule has 20 heavy (non-hydrogen) atoms. The van der Waals surface area contributed by atoms with E-state index in [0.29, 0.717) is 37.3 Å². The minimum atomic E-state index is 0.0629. The molecular formula is C17H30O3. The van der Waals surface area contributed by atoms with Crippen molar-refractivity contribution >= 4 is 5.78 Å². The van der Waals surface area contributed by atoms with Gasteiger partial charge < -0.3 is 9.84 Å². The number of ether oxygens (including phenoxy) is 1. The molecule has 0 radical (unpaired) electrons. The highest BCUT2D eigenvalue weighted by molar-refractivity contribution is 5.82. The largest absolute Gasteiger partial charge is 0.394 e. The number of carbonyl (C=O) groups excluding carboxylic acids is 1. The normalized spacial score (nSPS) is 26.4. The van der Waals surface area contributed by atoms with E-state index in [-0.39, 0.29) is 17.9 Å². The quantitative estimate of drug-likeness (QED) is 0.549. The molecule has 0 aromatic rings. The van der Waals surface area contributed by atoms with Crippen LogP contribution in [0.15, 0.2) is 12.2 Å². The van der Waals surface area contributed by atoms with Crippen LogP contribution in [0.1, 0.15) is 47.0 Å². The maximum absolute atomic E-state index is 12.6. The minimum Gasteiger partial charge on any atom is -0.394 e. The highest BCUT2D eigenvalue weighted by atomic mass is 16.5. The van der Waals surface area contributed by atoms with Gasteiger partial charge in [-0.1, -0.05) is 39.8 Å². The summed E-state index contributed by atoms with van der Waals surface area (Å²) in [4.78, 5) is 12.6. The number of allylic oxidation sites excluding steroid dienone is 2. The smallest absolute Gasteiger partial charge is 0.137 e. The van der Waals surface area contributed by atoms with Crippen LogP contribution < -0.4 is 0 Å². The molecule has 0 amide bonds. The van der Waals surface area contributed by atoms with Crippen molar-refractivity contribution in [1.29, 1.82) is 0 Å². The van der Waals surface area contributed by atoms with Crippen LogP contribution in [0.2, 0.25) is 0 Å². The number of ketones is 1. The SMILES string of the molecule is CC(CCOCCO)CC(=O)C1C(C)C=CCC1(C)C. The molecule has 0 fully saturated rings. The Labute approximate surface area is 123 Å². The molecule has 0 heterocycles. The van der Waals surface area contributed by atoms with Gasteiger partial charge in [-0.15, -0.1) is 0 Å². The second kappa shape index (κ2) is 7.94. The molecule has 1 aliphatic rings. The molecule has 1 rings (SSSR count). The van der Waals surface area contributed by atoms with Crippen molar-refractivity contribution < 1.29 is 14.6 Å². The van der Waals surface area contributed by atoms with Gasteiger partial charge in [-0.05, 0) is 30.1 Å². The standard InChI is InChI=1S/C17H30O3/c1-13(7-10-20-11-9-18)12-15(19)16-14(2)6-5-8-17(16,3)4/h5-6,13-14,16,18H,7-12H2,1-4H3. The van der Waals surface area contributed by atoms with E-state index >= 15 is 0 Å².